The second kappa shape index (κ2) is 18.6. The molecule has 0 saturated carbocycles. The zero-order chi connectivity index (χ0) is 38.7. The molecule has 11 nitrogen and oxygen atoms in total. The minimum absolute atomic E-state index is 0.0494. The lowest BCUT2D eigenvalue weighted by Gasteiger charge is -2.39. The Hall–Kier alpha value is -5.68. The van der Waals surface area contributed by atoms with Crippen molar-refractivity contribution >= 4 is 35.2 Å². The van der Waals surface area contributed by atoms with Gasteiger partial charge in [0.25, 0.3) is 0 Å². The van der Waals surface area contributed by atoms with Crippen LogP contribution in [0.4, 0.5) is 11.4 Å². The molecule has 3 amide bonds. The molecule has 0 aliphatic carbocycles. The predicted molar refractivity (Wildman–Crippen MR) is 218 cm³/mol. The van der Waals surface area contributed by atoms with Crippen LogP contribution in [0.5, 0.6) is 5.88 Å². The topological polar surface area (TPSA) is 92.8 Å². The van der Waals surface area contributed by atoms with E-state index in [-0.39, 0.29) is 24.3 Å². The fourth-order valence-electron chi connectivity index (χ4n) is 7.17. The number of amides is 3. The maximum atomic E-state index is 14.7. The summed E-state index contributed by atoms with van der Waals surface area (Å²) in [5, 5.41) is 0. The maximum Gasteiger partial charge on any atom is 0.247 e. The van der Waals surface area contributed by atoms with Crippen LogP contribution < -0.4 is 14.5 Å². The molecule has 0 bridgehead atoms. The summed E-state index contributed by atoms with van der Waals surface area (Å²) in [4.78, 5) is 57.5. The number of carbonyl (C=O) groups excluding carboxylic acids is 3. The Morgan fingerprint density at radius 1 is 0.764 bits per heavy atom. The van der Waals surface area contributed by atoms with E-state index in [1.807, 2.05) is 72.4 Å². The predicted octanol–water partition coefficient (Wildman–Crippen LogP) is 4.82. The Morgan fingerprint density at radius 2 is 1.42 bits per heavy atom. The molecule has 2 saturated heterocycles. The van der Waals surface area contributed by atoms with Crippen molar-refractivity contribution in [3.8, 4) is 5.88 Å². The highest BCUT2D eigenvalue weighted by Gasteiger charge is 2.34. The lowest BCUT2D eigenvalue weighted by atomic mass is 10.0. The molecule has 0 unspecified atom stereocenters. The molecule has 6 rings (SSSR count). The molecule has 2 aliphatic heterocycles. The first kappa shape index (κ1) is 39.0. The van der Waals surface area contributed by atoms with Gasteiger partial charge in [0, 0.05) is 123 Å². The fraction of sp³-hybridized carbons (Fsp3) is 0.364. The molecular formula is C44H53N7O4. The van der Waals surface area contributed by atoms with Gasteiger partial charge in [0.1, 0.15) is 6.04 Å². The second-order valence-corrected chi connectivity index (χ2v) is 14.5. The highest BCUT2D eigenvalue weighted by atomic mass is 16.5. The molecule has 3 heterocycles. The Labute approximate surface area is 325 Å². The first-order valence-electron chi connectivity index (χ1n) is 19.1. The summed E-state index contributed by atoms with van der Waals surface area (Å²) in [6.45, 7) is 8.27. The lowest BCUT2D eigenvalue weighted by molar-refractivity contribution is -0.145. The molecule has 2 fully saturated rings. The van der Waals surface area contributed by atoms with E-state index >= 15 is 0 Å². The zero-order valence-electron chi connectivity index (χ0n) is 32.5. The Balaban J connectivity index is 1.22. The number of nitrogens with zero attached hydrogens (tertiary/aromatic N) is 7. The van der Waals surface area contributed by atoms with E-state index in [1.54, 1.807) is 37.3 Å². The minimum atomic E-state index is -0.724. The fourth-order valence-corrected chi connectivity index (χ4v) is 7.17. The van der Waals surface area contributed by atoms with Crippen molar-refractivity contribution in [2.45, 2.75) is 32.5 Å². The van der Waals surface area contributed by atoms with E-state index in [9.17, 15) is 14.4 Å². The number of methoxy groups -OCH3 is 1. The third-order valence-corrected chi connectivity index (χ3v) is 10.5. The number of anilines is 2. The van der Waals surface area contributed by atoms with Crippen LogP contribution in [0.15, 0.2) is 103 Å². The van der Waals surface area contributed by atoms with Crippen molar-refractivity contribution in [2.24, 2.45) is 0 Å². The van der Waals surface area contributed by atoms with Crippen LogP contribution in [0, 0.1) is 0 Å². The van der Waals surface area contributed by atoms with Crippen LogP contribution in [0.2, 0.25) is 0 Å². The molecule has 4 aromatic rings. The van der Waals surface area contributed by atoms with Crippen LogP contribution in [0.3, 0.4) is 0 Å². The molecular weight excluding hydrogens is 691 g/mol. The van der Waals surface area contributed by atoms with Crippen molar-refractivity contribution in [3.05, 3.63) is 126 Å². The van der Waals surface area contributed by atoms with Gasteiger partial charge in [0.2, 0.25) is 23.6 Å². The highest BCUT2D eigenvalue weighted by molar-refractivity contribution is 5.95. The van der Waals surface area contributed by atoms with Gasteiger partial charge in [0.05, 0.1) is 7.11 Å². The van der Waals surface area contributed by atoms with Gasteiger partial charge in [-0.3, -0.25) is 19.3 Å². The van der Waals surface area contributed by atoms with Crippen molar-refractivity contribution in [3.63, 3.8) is 0 Å². The minimum Gasteiger partial charge on any atom is -0.481 e. The Morgan fingerprint density at radius 3 is 2.02 bits per heavy atom. The summed E-state index contributed by atoms with van der Waals surface area (Å²) in [6, 6.07) is 29.6. The second-order valence-electron chi connectivity index (χ2n) is 14.5. The van der Waals surface area contributed by atoms with E-state index < -0.39 is 6.04 Å². The average Bonchev–Trinajstić information content (AvgIpc) is 3.22. The van der Waals surface area contributed by atoms with E-state index in [0.717, 1.165) is 55.1 Å². The SMILES string of the molecule is COc1ccc(/C=C/C(=O)N(Cc2ccc(N3CCN(C(C)=O)CC3)cc2)[C@@H](Cc2ccccc2)C(=O)N2CCN(Cc3ccc(N(C)C)cc3)CC2)cn1. The monoisotopic (exact) mass is 743 g/mol. The normalized spacial score (nSPS) is 15.5. The summed E-state index contributed by atoms with van der Waals surface area (Å²) in [7, 11) is 5.64. The number of aromatic nitrogens is 1. The molecule has 3 aromatic carbocycles. The standard InChI is InChI=1S/C44H53N7O4/c1-34(52)48-26-28-49(29-27-48)40-18-12-38(13-19-40)33-51(43(53)21-15-36-14-20-42(55-4)45-31-36)41(30-35-8-6-5-7-9-35)44(54)50-24-22-47(23-25-50)32-37-10-16-39(17-11-37)46(2)3/h5-21,31,41H,22-30,32-33H2,1-4H3/b21-15+/t41-/m0/s1. The molecule has 2 aliphatic rings. The molecule has 1 aromatic heterocycles. The number of rotatable bonds is 13. The molecule has 1 atom stereocenters. The Kier molecular flexibility index (Phi) is 13.2. The molecule has 11 heteroatoms. The molecule has 55 heavy (non-hydrogen) atoms. The van der Waals surface area contributed by atoms with E-state index in [0.29, 0.717) is 38.5 Å². The lowest BCUT2D eigenvalue weighted by Crippen LogP contribution is -2.56. The maximum absolute atomic E-state index is 14.7. The van der Waals surface area contributed by atoms with Gasteiger partial charge >= 0.3 is 0 Å². The quantitative estimate of drug-likeness (QED) is 0.180. The van der Waals surface area contributed by atoms with Gasteiger partial charge in [-0.2, -0.15) is 0 Å². The Bertz CT molecular complexity index is 1880. The van der Waals surface area contributed by atoms with Crippen LogP contribution in [-0.2, 0) is 33.9 Å². The molecule has 288 valence electrons. The molecule has 0 radical (unpaired) electrons. The van der Waals surface area contributed by atoms with E-state index in [1.165, 1.54) is 17.3 Å². The van der Waals surface area contributed by atoms with Crippen molar-refractivity contribution in [1.82, 2.24) is 24.6 Å². The van der Waals surface area contributed by atoms with Gasteiger partial charge in [-0.1, -0.05) is 54.6 Å². The van der Waals surface area contributed by atoms with Crippen LogP contribution in [-0.4, -0.2) is 122 Å². The summed E-state index contributed by atoms with van der Waals surface area (Å²) >= 11 is 0. The first-order valence-corrected chi connectivity index (χ1v) is 19.1. The number of pyridine rings is 1. The number of hydrogen-bond acceptors (Lipinski definition) is 8. The number of benzene rings is 3. The number of carbonyl (C=O) groups is 3. The van der Waals surface area contributed by atoms with Crippen LogP contribution in [0.25, 0.3) is 6.08 Å². The number of ether oxygens (including phenoxy) is 1. The number of piperazine rings is 2. The summed E-state index contributed by atoms with van der Waals surface area (Å²) in [5.74, 6) is 0.288. The zero-order valence-corrected chi connectivity index (χ0v) is 32.5. The number of hydrogen-bond donors (Lipinski definition) is 0. The molecule has 0 spiro atoms. The largest absolute Gasteiger partial charge is 0.481 e. The van der Waals surface area contributed by atoms with Gasteiger partial charge in [-0.25, -0.2) is 4.98 Å². The van der Waals surface area contributed by atoms with Crippen LogP contribution >= 0.6 is 0 Å². The first-order chi connectivity index (χ1) is 26.7. The van der Waals surface area contributed by atoms with Gasteiger partial charge in [-0.05, 0) is 58.7 Å². The van der Waals surface area contributed by atoms with Gasteiger partial charge in [0.15, 0.2) is 0 Å². The highest BCUT2D eigenvalue weighted by Crippen LogP contribution is 2.23. The van der Waals surface area contributed by atoms with Crippen LogP contribution in [0.1, 0.15) is 29.2 Å². The third-order valence-electron chi connectivity index (χ3n) is 10.5. The van der Waals surface area contributed by atoms with Crippen molar-refractivity contribution in [1.29, 1.82) is 0 Å². The summed E-state index contributed by atoms with van der Waals surface area (Å²) in [6.07, 6.45) is 5.32. The van der Waals surface area contributed by atoms with Gasteiger partial charge < -0.3 is 29.2 Å². The third kappa shape index (κ3) is 10.5. The van der Waals surface area contributed by atoms with Crippen molar-refractivity contribution < 1.29 is 19.1 Å². The summed E-state index contributed by atoms with van der Waals surface area (Å²) < 4.78 is 5.21. The molecule has 0 N–H and O–H groups in total. The average molecular weight is 744 g/mol. The van der Waals surface area contributed by atoms with E-state index in [4.69, 9.17) is 4.74 Å². The smallest absolute Gasteiger partial charge is 0.247 e. The van der Waals surface area contributed by atoms with Gasteiger partial charge in [-0.15, -0.1) is 0 Å². The van der Waals surface area contributed by atoms with E-state index in [2.05, 4.69) is 56.1 Å². The summed E-state index contributed by atoms with van der Waals surface area (Å²) in [5.41, 5.74) is 6.14. The van der Waals surface area contributed by atoms with Crippen molar-refractivity contribution in [2.75, 3.05) is 83.4 Å².